The molecule has 40 heavy (non-hydrogen) atoms. The second-order valence-corrected chi connectivity index (χ2v) is 9.91. The number of amides is 3. The summed E-state index contributed by atoms with van der Waals surface area (Å²) >= 11 is 11.7. The number of benzene rings is 1. The lowest BCUT2D eigenvalue weighted by Crippen LogP contribution is -2.51. The lowest BCUT2D eigenvalue weighted by molar-refractivity contribution is -0.135. The quantitative estimate of drug-likeness (QED) is 0.352. The van der Waals surface area contributed by atoms with Gasteiger partial charge in [-0.2, -0.15) is 0 Å². The zero-order valence-electron chi connectivity index (χ0n) is 21.5. The maximum absolute atomic E-state index is 13.1. The van der Waals surface area contributed by atoms with Gasteiger partial charge in [0.1, 0.15) is 12.1 Å². The van der Waals surface area contributed by atoms with Crippen LogP contribution in [-0.2, 0) is 20.8 Å². The number of nitrogens with zero attached hydrogens (tertiary/aromatic N) is 4. The molecule has 12 heteroatoms. The number of piperidine rings is 1. The molecule has 3 aromatic rings. The molecule has 3 heterocycles. The predicted molar refractivity (Wildman–Crippen MR) is 151 cm³/mol. The third-order valence-electron chi connectivity index (χ3n) is 6.17. The van der Waals surface area contributed by atoms with Crippen LogP contribution in [0.25, 0.3) is 6.08 Å². The standard InChI is InChI=1S/C28H28Cl2N6O4/c29-20-7-4-19(5-8-20)6-10-25(37)33-23(17-21-3-1-2-14-31-21)28(39)32-18-27(38)36-15-12-22(13-16-36)40-26-11-9-24(30)34-35-26/h1-11,14,22-23H,12-13,15-18H2,(H,32,39)(H,33,37)/t23-/m0/s1. The van der Waals surface area contributed by atoms with Gasteiger partial charge in [0.25, 0.3) is 0 Å². The minimum absolute atomic E-state index is 0.104. The fourth-order valence-electron chi connectivity index (χ4n) is 4.06. The molecule has 0 radical (unpaired) electrons. The molecule has 0 spiro atoms. The van der Waals surface area contributed by atoms with Gasteiger partial charge in [-0.15, -0.1) is 10.2 Å². The summed E-state index contributed by atoms with van der Waals surface area (Å²) in [6, 6.07) is 14.6. The molecule has 10 nitrogen and oxygen atoms in total. The molecule has 1 aliphatic rings. The highest BCUT2D eigenvalue weighted by Crippen LogP contribution is 2.18. The minimum Gasteiger partial charge on any atom is -0.473 e. The smallest absolute Gasteiger partial charge is 0.244 e. The van der Waals surface area contributed by atoms with Crippen molar-refractivity contribution in [3.63, 3.8) is 0 Å². The molecule has 0 bridgehead atoms. The first kappa shape index (κ1) is 29.0. The molecule has 4 rings (SSSR count). The van der Waals surface area contributed by atoms with Crippen molar-refractivity contribution in [3.8, 4) is 5.88 Å². The van der Waals surface area contributed by atoms with Crippen molar-refractivity contribution in [2.75, 3.05) is 19.6 Å². The van der Waals surface area contributed by atoms with Gasteiger partial charge in [0.05, 0.1) is 6.54 Å². The molecule has 3 amide bonds. The van der Waals surface area contributed by atoms with E-state index in [2.05, 4.69) is 25.8 Å². The number of pyridine rings is 1. The van der Waals surface area contributed by atoms with Gasteiger partial charge >= 0.3 is 0 Å². The Labute approximate surface area is 241 Å². The van der Waals surface area contributed by atoms with Crippen molar-refractivity contribution in [2.24, 2.45) is 0 Å². The summed E-state index contributed by atoms with van der Waals surface area (Å²) in [6.07, 6.45) is 5.87. The summed E-state index contributed by atoms with van der Waals surface area (Å²) in [6.45, 7) is 0.760. The first-order chi connectivity index (χ1) is 19.4. The van der Waals surface area contributed by atoms with Gasteiger partial charge in [-0.05, 0) is 42.0 Å². The van der Waals surface area contributed by atoms with Crippen molar-refractivity contribution < 1.29 is 19.1 Å². The van der Waals surface area contributed by atoms with Gasteiger partial charge in [0.15, 0.2) is 5.15 Å². The van der Waals surface area contributed by atoms with Crippen LogP contribution in [0, 0.1) is 0 Å². The highest BCUT2D eigenvalue weighted by atomic mass is 35.5. The number of halogens is 2. The Morgan fingerprint density at radius 2 is 1.80 bits per heavy atom. The number of rotatable bonds is 10. The average molecular weight is 583 g/mol. The molecule has 1 fully saturated rings. The van der Waals surface area contributed by atoms with Crippen LogP contribution in [0.3, 0.4) is 0 Å². The number of carbonyl (C=O) groups excluding carboxylic acids is 3. The Hall–Kier alpha value is -4.02. The first-order valence-corrected chi connectivity index (χ1v) is 13.5. The van der Waals surface area contributed by atoms with Crippen molar-refractivity contribution in [3.05, 3.63) is 88.3 Å². The van der Waals surface area contributed by atoms with E-state index in [1.807, 2.05) is 0 Å². The van der Waals surface area contributed by atoms with Crippen molar-refractivity contribution >= 4 is 47.0 Å². The van der Waals surface area contributed by atoms with Crippen LogP contribution < -0.4 is 15.4 Å². The van der Waals surface area contributed by atoms with Crippen LogP contribution in [0.1, 0.15) is 24.1 Å². The molecule has 2 N–H and O–H groups in total. The average Bonchev–Trinajstić information content (AvgIpc) is 2.97. The monoisotopic (exact) mass is 582 g/mol. The summed E-state index contributed by atoms with van der Waals surface area (Å²) in [5.74, 6) is -0.773. The largest absolute Gasteiger partial charge is 0.473 e. The maximum atomic E-state index is 13.1. The van der Waals surface area contributed by atoms with Gasteiger partial charge in [-0.25, -0.2) is 0 Å². The highest BCUT2D eigenvalue weighted by Gasteiger charge is 2.26. The van der Waals surface area contributed by atoms with Crippen LogP contribution in [0.5, 0.6) is 5.88 Å². The molecular weight excluding hydrogens is 555 g/mol. The van der Waals surface area contributed by atoms with Crippen LogP contribution in [0.2, 0.25) is 10.2 Å². The zero-order chi connectivity index (χ0) is 28.3. The molecule has 1 aromatic carbocycles. The Morgan fingerprint density at radius 3 is 2.48 bits per heavy atom. The van der Waals surface area contributed by atoms with Gasteiger partial charge in [0, 0.05) is 61.4 Å². The summed E-state index contributed by atoms with van der Waals surface area (Å²) < 4.78 is 5.82. The summed E-state index contributed by atoms with van der Waals surface area (Å²) in [7, 11) is 0. The first-order valence-electron chi connectivity index (χ1n) is 12.7. The normalized spacial score (nSPS) is 14.5. The highest BCUT2D eigenvalue weighted by molar-refractivity contribution is 6.30. The Morgan fingerprint density at radius 1 is 1.02 bits per heavy atom. The van der Waals surface area contributed by atoms with Crippen molar-refractivity contribution in [1.29, 1.82) is 0 Å². The lowest BCUT2D eigenvalue weighted by atomic mass is 10.1. The van der Waals surface area contributed by atoms with Gasteiger partial charge < -0.3 is 20.3 Å². The minimum atomic E-state index is -0.926. The molecule has 208 valence electrons. The van der Waals surface area contributed by atoms with Gasteiger partial charge in [0.2, 0.25) is 23.6 Å². The Balaban J connectivity index is 1.28. The van der Waals surface area contributed by atoms with E-state index < -0.39 is 17.9 Å². The predicted octanol–water partition coefficient (Wildman–Crippen LogP) is 3.11. The fourth-order valence-corrected chi connectivity index (χ4v) is 4.29. The topological polar surface area (TPSA) is 126 Å². The van der Waals surface area contributed by atoms with E-state index in [1.54, 1.807) is 71.8 Å². The molecule has 1 aliphatic heterocycles. The molecule has 0 saturated carbocycles. The van der Waals surface area contributed by atoms with E-state index >= 15 is 0 Å². The van der Waals surface area contributed by atoms with E-state index in [-0.39, 0.29) is 30.1 Å². The van der Waals surface area contributed by atoms with Crippen molar-refractivity contribution in [2.45, 2.75) is 31.4 Å². The fraction of sp³-hybridized carbons (Fsp3) is 0.286. The van der Waals surface area contributed by atoms with Crippen LogP contribution in [0.4, 0.5) is 0 Å². The second-order valence-electron chi connectivity index (χ2n) is 9.08. The van der Waals surface area contributed by atoms with Crippen LogP contribution in [0.15, 0.2) is 66.9 Å². The third-order valence-corrected chi connectivity index (χ3v) is 6.63. The summed E-state index contributed by atoms with van der Waals surface area (Å²) in [5, 5.41) is 13.9. The van der Waals surface area contributed by atoms with Crippen LogP contribution >= 0.6 is 23.2 Å². The summed E-state index contributed by atoms with van der Waals surface area (Å²) in [5.41, 5.74) is 1.41. The molecule has 0 aliphatic carbocycles. The number of aromatic nitrogens is 3. The van der Waals surface area contributed by atoms with E-state index in [1.165, 1.54) is 6.08 Å². The number of likely N-dealkylation sites (tertiary alicyclic amines) is 1. The zero-order valence-corrected chi connectivity index (χ0v) is 23.0. The molecule has 1 saturated heterocycles. The molecule has 2 aromatic heterocycles. The van der Waals surface area contributed by atoms with Gasteiger partial charge in [-0.1, -0.05) is 41.4 Å². The SMILES string of the molecule is O=C(C=Cc1ccc(Cl)cc1)N[C@@H](Cc1ccccn1)C(=O)NCC(=O)N1CCC(Oc2ccc(Cl)nn2)CC1. The molecule has 1 atom stereocenters. The number of carbonyl (C=O) groups is 3. The lowest BCUT2D eigenvalue weighted by Gasteiger charge is -2.32. The number of ether oxygens (including phenoxy) is 1. The third kappa shape index (κ3) is 9.03. The van der Waals surface area contributed by atoms with E-state index in [0.29, 0.717) is 42.5 Å². The molecular formula is C28H28Cl2N6O4. The number of nitrogens with one attached hydrogen (secondary N) is 2. The number of hydrogen-bond donors (Lipinski definition) is 2. The Kier molecular flexibility index (Phi) is 10.4. The van der Waals surface area contributed by atoms with E-state index in [4.69, 9.17) is 27.9 Å². The maximum Gasteiger partial charge on any atom is 0.244 e. The van der Waals surface area contributed by atoms with Crippen molar-refractivity contribution in [1.82, 2.24) is 30.7 Å². The van der Waals surface area contributed by atoms with E-state index in [0.717, 1.165) is 5.56 Å². The van der Waals surface area contributed by atoms with Gasteiger partial charge in [-0.3, -0.25) is 19.4 Å². The Bertz CT molecular complexity index is 1310. The summed E-state index contributed by atoms with van der Waals surface area (Å²) in [4.78, 5) is 44.4. The number of hydrogen-bond acceptors (Lipinski definition) is 7. The second kappa shape index (κ2) is 14.4. The molecule has 0 unspecified atom stereocenters. The van der Waals surface area contributed by atoms with Crippen LogP contribution in [-0.4, -0.2) is 69.6 Å². The van der Waals surface area contributed by atoms with E-state index in [9.17, 15) is 14.4 Å².